The summed E-state index contributed by atoms with van der Waals surface area (Å²) in [5, 5.41) is 5.90. The fourth-order valence-corrected chi connectivity index (χ4v) is 1.94. The van der Waals surface area contributed by atoms with Gasteiger partial charge in [-0.05, 0) is 31.8 Å². The highest BCUT2D eigenvalue weighted by molar-refractivity contribution is 5.74. The van der Waals surface area contributed by atoms with E-state index >= 15 is 0 Å². The largest absolute Gasteiger partial charge is 0.491 e. The van der Waals surface area contributed by atoms with Crippen LogP contribution in [0, 0.1) is 5.92 Å². The first-order valence-electron chi connectivity index (χ1n) is 5.88. The van der Waals surface area contributed by atoms with Gasteiger partial charge in [-0.2, -0.15) is 0 Å². The van der Waals surface area contributed by atoms with Crippen LogP contribution in [0.4, 0.5) is 5.69 Å². The van der Waals surface area contributed by atoms with E-state index in [9.17, 15) is 4.79 Å². The van der Waals surface area contributed by atoms with Crippen molar-refractivity contribution in [3.63, 3.8) is 0 Å². The van der Waals surface area contributed by atoms with Crippen LogP contribution in [-0.4, -0.2) is 31.1 Å². The average molecular weight is 235 g/mol. The van der Waals surface area contributed by atoms with Gasteiger partial charge in [-0.3, -0.25) is 9.78 Å². The summed E-state index contributed by atoms with van der Waals surface area (Å²) >= 11 is 0. The van der Waals surface area contributed by atoms with Gasteiger partial charge in [0.15, 0.2) is 0 Å². The van der Waals surface area contributed by atoms with Gasteiger partial charge < -0.3 is 15.4 Å². The van der Waals surface area contributed by atoms with Crippen molar-refractivity contribution < 1.29 is 9.53 Å². The Morgan fingerprint density at radius 3 is 3.12 bits per heavy atom. The number of aromatic nitrogens is 1. The normalized spacial score (nSPS) is 16.5. The Hall–Kier alpha value is -1.62. The third kappa shape index (κ3) is 3.42. The molecule has 2 heterocycles. The number of carbonyl (C=O) groups excluding carboxylic acids is 1. The van der Waals surface area contributed by atoms with E-state index in [0.717, 1.165) is 25.9 Å². The van der Waals surface area contributed by atoms with Gasteiger partial charge in [0.2, 0.25) is 6.41 Å². The number of nitrogens with zero attached hydrogens (tertiary/aromatic N) is 1. The number of ether oxygens (including phenoxy) is 1. The molecule has 1 aromatic rings. The Morgan fingerprint density at radius 1 is 1.53 bits per heavy atom. The second kappa shape index (κ2) is 6.20. The van der Waals surface area contributed by atoms with E-state index in [4.69, 9.17) is 4.74 Å². The summed E-state index contributed by atoms with van der Waals surface area (Å²) in [4.78, 5) is 14.4. The first-order chi connectivity index (χ1) is 8.40. The molecule has 5 nitrogen and oxygen atoms in total. The van der Waals surface area contributed by atoms with Crippen LogP contribution in [0.25, 0.3) is 0 Å². The number of piperidine rings is 1. The molecule has 1 aliphatic heterocycles. The highest BCUT2D eigenvalue weighted by Gasteiger charge is 2.14. The molecule has 1 amide bonds. The monoisotopic (exact) mass is 235 g/mol. The minimum atomic E-state index is 0.591. The molecule has 92 valence electrons. The molecule has 0 spiro atoms. The minimum Gasteiger partial charge on any atom is -0.491 e. The van der Waals surface area contributed by atoms with Gasteiger partial charge in [-0.15, -0.1) is 0 Å². The molecule has 5 heteroatoms. The fourth-order valence-electron chi connectivity index (χ4n) is 1.94. The van der Waals surface area contributed by atoms with Crippen LogP contribution in [0.1, 0.15) is 12.8 Å². The SMILES string of the molecule is O=CNc1cnccc1OCC1CCNCC1. The molecule has 17 heavy (non-hydrogen) atoms. The molecule has 0 unspecified atom stereocenters. The van der Waals surface area contributed by atoms with E-state index in [0.29, 0.717) is 30.4 Å². The molecule has 0 aromatic carbocycles. The molecule has 0 radical (unpaired) electrons. The average Bonchev–Trinajstić information content (AvgIpc) is 2.39. The third-order valence-corrected chi connectivity index (χ3v) is 2.93. The molecular formula is C12H17N3O2. The quantitative estimate of drug-likeness (QED) is 0.748. The van der Waals surface area contributed by atoms with Gasteiger partial charge in [-0.1, -0.05) is 0 Å². The predicted octanol–water partition coefficient (Wildman–Crippen LogP) is 1.03. The smallest absolute Gasteiger partial charge is 0.211 e. The highest BCUT2D eigenvalue weighted by Crippen LogP contribution is 2.23. The minimum absolute atomic E-state index is 0.591. The van der Waals surface area contributed by atoms with Crippen molar-refractivity contribution in [1.29, 1.82) is 0 Å². The summed E-state index contributed by atoms with van der Waals surface area (Å²) in [6.07, 6.45) is 6.16. The van der Waals surface area contributed by atoms with Crippen molar-refractivity contribution >= 4 is 12.1 Å². The lowest BCUT2D eigenvalue weighted by Crippen LogP contribution is -2.30. The van der Waals surface area contributed by atoms with Crippen LogP contribution in [0.2, 0.25) is 0 Å². The second-order valence-corrected chi connectivity index (χ2v) is 4.14. The van der Waals surface area contributed by atoms with Gasteiger partial charge in [0.1, 0.15) is 11.4 Å². The molecule has 1 fully saturated rings. The van der Waals surface area contributed by atoms with Crippen molar-refractivity contribution in [1.82, 2.24) is 10.3 Å². The molecule has 0 atom stereocenters. The number of amides is 1. The molecule has 1 aliphatic rings. The predicted molar refractivity (Wildman–Crippen MR) is 65.0 cm³/mol. The van der Waals surface area contributed by atoms with E-state index in [1.165, 1.54) is 0 Å². The zero-order valence-corrected chi connectivity index (χ0v) is 9.69. The van der Waals surface area contributed by atoms with Crippen molar-refractivity contribution in [3.8, 4) is 5.75 Å². The van der Waals surface area contributed by atoms with Gasteiger partial charge in [0.25, 0.3) is 0 Å². The molecule has 1 saturated heterocycles. The van der Waals surface area contributed by atoms with Gasteiger partial charge in [-0.25, -0.2) is 0 Å². The number of anilines is 1. The topological polar surface area (TPSA) is 63.2 Å². The summed E-state index contributed by atoms with van der Waals surface area (Å²) in [6, 6.07) is 1.77. The first kappa shape index (κ1) is 11.9. The molecule has 0 aliphatic carbocycles. The Balaban J connectivity index is 1.90. The van der Waals surface area contributed by atoms with Crippen LogP contribution in [0.5, 0.6) is 5.75 Å². The van der Waals surface area contributed by atoms with E-state index in [-0.39, 0.29) is 0 Å². The summed E-state index contributed by atoms with van der Waals surface area (Å²) in [7, 11) is 0. The Labute approximate surface area is 101 Å². The van der Waals surface area contributed by atoms with Crippen molar-refractivity contribution in [2.75, 3.05) is 25.0 Å². The molecule has 2 rings (SSSR count). The standard InChI is InChI=1S/C12H17N3O2/c16-9-15-11-7-14-6-3-12(11)17-8-10-1-4-13-5-2-10/h3,6-7,9-10,13H,1-2,4-5,8H2,(H,15,16). The summed E-state index contributed by atoms with van der Waals surface area (Å²) < 4.78 is 5.74. The number of nitrogens with one attached hydrogen (secondary N) is 2. The fraction of sp³-hybridized carbons (Fsp3) is 0.500. The molecule has 1 aromatic heterocycles. The molecular weight excluding hydrogens is 218 g/mol. The van der Waals surface area contributed by atoms with Crippen LogP contribution in [0.3, 0.4) is 0 Å². The molecule has 0 bridgehead atoms. The highest BCUT2D eigenvalue weighted by atomic mass is 16.5. The Morgan fingerprint density at radius 2 is 2.35 bits per heavy atom. The van der Waals surface area contributed by atoms with Crippen molar-refractivity contribution in [2.24, 2.45) is 5.92 Å². The van der Waals surface area contributed by atoms with E-state index < -0.39 is 0 Å². The van der Waals surface area contributed by atoms with E-state index in [1.54, 1.807) is 18.5 Å². The number of rotatable bonds is 5. The Bertz CT molecular complexity index is 365. The van der Waals surface area contributed by atoms with Crippen LogP contribution < -0.4 is 15.4 Å². The molecule has 2 N–H and O–H groups in total. The molecule has 0 saturated carbocycles. The number of pyridine rings is 1. The maximum Gasteiger partial charge on any atom is 0.211 e. The zero-order valence-electron chi connectivity index (χ0n) is 9.69. The second-order valence-electron chi connectivity index (χ2n) is 4.14. The van der Waals surface area contributed by atoms with Crippen LogP contribution in [0.15, 0.2) is 18.5 Å². The maximum absolute atomic E-state index is 10.4. The zero-order chi connectivity index (χ0) is 11.9. The lowest BCUT2D eigenvalue weighted by molar-refractivity contribution is -0.105. The lowest BCUT2D eigenvalue weighted by Gasteiger charge is -2.23. The number of hydrogen-bond donors (Lipinski definition) is 2. The van der Waals surface area contributed by atoms with Crippen LogP contribution >= 0.6 is 0 Å². The van der Waals surface area contributed by atoms with Gasteiger partial charge in [0.05, 0.1) is 12.8 Å². The lowest BCUT2D eigenvalue weighted by atomic mass is 9.99. The summed E-state index contributed by atoms with van der Waals surface area (Å²) in [5.41, 5.74) is 0.622. The summed E-state index contributed by atoms with van der Waals surface area (Å²) in [5.74, 6) is 1.28. The summed E-state index contributed by atoms with van der Waals surface area (Å²) in [6.45, 7) is 2.81. The van der Waals surface area contributed by atoms with Crippen LogP contribution in [-0.2, 0) is 4.79 Å². The third-order valence-electron chi connectivity index (χ3n) is 2.93. The Kier molecular flexibility index (Phi) is 4.32. The van der Waals surface area contributed by atoms with E-state index in [1.807, 2.05) is 0 Å². The number of hydrogen-bond acceptors (Lipinski definition) is 4. The van der Waals surface area contributed by atoms with Gasteiger partial charge >= 0.3 is 0 Å². The first-order valence-corrected chi connectivity index (χ1v) is 5.88. The maximum atomic E-state index is 10.4. The van der Waals surface area contributed by atoms with Gasteiger partial charge in [0, 0.05) is 12.3 Å². The van der Waals surface area contributed by atoms with Crippen molar-refractivity contribution in [3.05, 3.63) is 18.5 Å². The van der Waals surface area contributed by atoms with Crippen molar-refractivity contribution in [2.45, 2.75) is 12.8 Å². The number of carbonyl (C=O) groups is 1. The van der Waals surface area contributed by atoms with E-state index in [2.05, 4.69) is 15.6 Å².